The maximum atomic E-state index is 5.47. The summed E-state index contributed by atoms with van der Waals surface area (Å²) in [6, 6.07) is 16.2. The van der Waals surface area contributed by atoms with Crippen molar-refractivity contribution in [3.05, 3.63) is 63.6 Å². The number of para-hydroxylation sites is 1. The van der Waals surface area contributed by atoms with E-state index in [4.69, 9.17) is 17.0 Å². The van der Waals surface area contributed by atoms with Gasteiger partial charge in [-0.15, -0.1) is 5.10 Å². The van der Waals surface area contributed by atoms with Gasteiger partial charge in [-0.1, -0.05) is 53.4 Å². The van der Waals surface area contributed by atoms with Crippen LogP contribution in [0.4, 0.5) is 0 Å². The normalized spacial score (nSPS) is 10.7. The van der Waals surface area contributed by atoms with Crippen molar-refractivity contribution in [1.29, 1.82) is 0 Å². The average Bonchev–Trinajstić information content (AvgIpc) is 2.94. The van der Waals surface area contributed by atoms with Gasteiger partial charge in [0.05, 0.1) is 12.8 Å². The SMILES string of the molecule is COc1cccc(CSc2nn(-c3ccccc3C)c(=S)s2)c1. The molecule has 0 saturated heterocycles. The van der Waals surface area contributed by atoms with E-state index in [2.05, 4.69) is 24.2 Å². The Morgan fingerprint density at radius 2 is 2.04 bits per heavy atom. The number of methoxy groups -OCH3 is 1. The number of benzene rings is 2. The van der Waals surface area contributed by atoms with Gasteiger partial charge < -0.3 is 4.74 Å². The van der Waals surface area contributed by atoms with Crippen molar-refractivity contribution in [3.63, 3.8) is 0 Å². The van der Waals surface area contributed by atoms with Gasteiger partial charge in [0.25, 0.3) is 0 Å². The number of thioether (sulfide) groups is 1. The quantitative estimate of drug-likeness (QED) is 0.457. The average molecular weight is 361 g/mol. The molecule has 118 valence electrons. The number of hydrogen-bond acceptors (Lipinski definition) is 5. The maximum Gasteiger partial charge on any atom is 0.184 e. The molecule has 0 atom stereocenters. The summed E-state index contributed by atoms with van der Waals surface area (Å²) in [5, 5.41) is 4.66. The lowest BCUT2D eigenvalue weighted by atomic mass is 10.2. The van der Waals surface area contributed by atoms with Crippen molar-refractivity contribution < 1.29 is 4.74 Å². The van der Waals surface area contributed by atoms with Crippen molar-refractivity contribution in [1.82, 2.24) is 9.78 Å². The van der Waals surface area contributed by atoms with Crippen molar-refractivity contribution in [2.75, 3.05) is 7.11 Å². The highest BCUT2D eigenvalue weighted by atomic mass is 32.2. The van der Waals surface area contributed by atoms with Gasteiger partial charge in [-0.25, -0.2) is 4.68 Å². The van der Waals surface area contributed by atoms with Gasteiger partial charge in [-0.2, -0.15) is 0 Å². The van der Waals surface area contributed by atoms with Gasteiger partial charge in [-0.05, 0) is 48.5 Å². The molecule has 0 unspecified atom stereocenters. The number of nitrogens with zero attached hydrogens (tertiary/aromatic N) is 2. The van der Waals surface area contributed by atoms with Crippen molar-refractivity contribution in [2.24, 2.45) is 0 Å². The van der Waals surface area contributed by atoms with Crippen molar-refractivity contribution in [3.8, 4) is 11.4 Å². The predicted molar refractivity (Wildman–Crippen MR) is 99.6 cm³/mol. The highest BCUT2D eigenvalue weighted by molar-refractivity contribution is 8.00. The Balaban J connectivity index is 1.79. The summed E-state index contributed by atoms with van der Waals surface area (Å²) in [6.45, 7) is 2.07. The summed E-state index contributed by atoms with van der Waals surface area (Å²) in [5.74, 6) is 1.72. The van der Waals surface area contributed by atoms with Crippen molar-refractivity contribution in [2.45, 2.75) is 17.0 Å². The molecule has 6 heteroatoms. The second-order valence-electron chi connectivity index (χ2n) is 4.97. The van der Waals surface area contributed by atoms with Crippen LogP contribution in [0, 0.1) is 10.9 Å². The third-order valence-corrected chi connectivity index (χ3v) is 5.81. The van der Waals surface area contributed by atoms with Crippen LogP contribution in [-0.2, 0) is 5.75 Å². The van der Waals surface area contributed by atoms with Crippen LogP contribution in [0.1, 0.15) is 11.1 Å². The van der Waals surface area contributed by atoms with E-state index >= 15 is 0 Å². The summed E-state index contributed by atoms with van der Waals surface area (Å²) in [5.41, 5.74) is 3.41. The molecule has 0 aliphatic rings. The fraction of sp³-hybridized carbons (Fsp3) is 0.176. The van der Waals surface area contributed by atoms with Crippen molar-refractivity contribution >= 4 is 35.3 Å². The number of aromatic nitrogens is 2. The highest BCUT2D eigenvalue weighted by Gasteiger charge is 2.08. The summed E-state index contributed by atoms with van der Waals surface area (Å²) in [6.07, 6.45) is 0. The minimum absolute atomic E-state index is 0.771. The smallest absolute Gasteiger partial charge is 0.184 e. The van der Waals surface area contributed by atoms with Crippen LogP contribution < -0.4 is 4.74 Å². The molecular formula is C17H16N2OS3. The maximum absolute atomic E-state index is 5.47. The molecule has 0 aliphatic heterocycles. The zero-order chi connectivity index (χ0) is 16.2. The first-order valence-corrected chi connectivity index (χ1v) is 9.30. The second-order valence-corrected chi connectivity index (χ2v) is 7.82. The lowest BCUT2D eigenvalue weighted by Gasteiger charge is -2.04. The van der Waals surface area contributed by atoms with E-state index in [0.717, 1.165) is 25.5 Å². The number of aryl methyl sites for hydroxylation is 1. The third-order valence-electron chi connectivity index (χ3n) is 3.37. The van der Waals surface area contributed by atoms with Gasteiger partial charge in [0.1, 0.15) is 5.75 Å². The van der Waals surface area contributed by atoms with E-state index in [1.165, 1.54) is 11.1 Å². The standard InChI is InChI=1S/C17H16N2OS3/c1-12-6-3-4-9-15(12)19-17(21)23-16(18-19)22-11-13-7-5-8-14(10-13)20-2/h3-10H,11H2,1-2H3. The molecule has 0 bridgehead atoms. The molecule has 2 aromatic carbocycles. The van der Waals surface area contributed by atoms with Gasteiger partial charge in [0.2, 0.25) is 0 Å². The van der Waals surface area contributed by atoms with Crippen LogP contribution in [0.3, 0.4) is 0 Å². The molecule has 0 saturated carbocycles. The first-order chi connectivity index (χ1) is 11.2. The number of hydrogen-bond donors (Lipinski definition) is 0. The zero-order valence-electron chi connectivity index (χ0n) is 12.9. The van der Waals surface area contributed by atoms with E-state index in [9.17, 15) is 0 Å². The summed E-state index contributed by atoms with van der Waals surface area (Å²) < 4.78 is 8.85. The van der Waals surface area contributed by atoms with E-state index in [1.54, 1.807) is 30.2 Å². The minimum atomic E-state index is 0.771. The highest BCUT2D eigenvalue weighted by Crippen LogP contribution is 2.28. The van der Waals surface area contributed by atoms with Crippen LogP contribution in [0.2, 0.25) is 0 Å². The Bertz CT molecular complexity index is 870. The molecule has 1 aromatic heterocycles. The van der Waals surface area contributed by atoms with E-state index in [-0.39, 0.29) is 0 Å². The first kappa shape index (κ1) is 16.2. The minimum Gasteiger partial charge on any atom is -0.497 e. The number of ether oxygens (including phenoxy) is 1. The van der Waals surface area contributed by atoms with E-state index in [0.29, 0.717) is 0 Å². The Hall–Kier alpha value is -1.63. The van der Waals surface area contributed by atoms with E-state index in [1.807, 2.05) is 41.1 Å². The fourth-order valence-corrected chi connectivity index (χ4v) is 4.47. The third kappa shape index (κ3) is 3.83. The van der Waals surface area contributed by atoms with E-state index < -0.39 is 0 Å². The van der Waals surface area contributed by atoms with Crippen LogP contribution in [0.15, 0.2) is 52.9 Å². The summed E-state index contributed by atoms with van der Waals surface area (Å²) in [4.78, 5) is 0. The fourth-order valence-electron chi connectivity index (χ4n) is 2.18. The molecule has 1 heterocycles. The first-order valence-electron chi connectivity index (χ1n) is 7.09. The monoisotopic (exact) mass is 360 g/mol. The molecule has 0 aliphatic carbocycles. The summed E-state index contributed by atoms with van der Waals surface area (Å²) >= 11 is 8.71. The lowest BCUT2D eigenvalue weighted by molar-refractivity contribution is 0.414. The molecule has 3 aromatic rings. The Morgan fingerprint density at radius 1 is 1.22 bits per heavy atom. The number of rotatable bonds is 5. The topological polar surface area (TPSA) is 27.1 Å². The Labute approximate surface area is 148 Å². The lowest BCUT2D eigenvalue weighted by Crippen LogP contribution is -1.98. The van der Waals surface area contributed by atoms with Crippen LogP contribution in [0.25, 0.3) is 5.69 Å². The molecule has 0 N–H and O–H groups in total. The molecule has 3 rings (SSSR count). The Kier molecular flexibility index (Phi) is 5.15. The van der Waals surface area contributed by atoms with Crippen LogP contribution in [0.5, 0.6) is 5.75 Å². The van der Waals surface area contributed by atoms with Crippen LogP contribution >= 0.6 is 35.3 Å². The summed E-state index contributed by atoms with van der Waals surface area (Å²) in [7, 11) is 1.68. The molecule has 23 heavy (non-hydrogen) atoms. The second kappa shape index (κ2) is 7.29. The molecule has 0 radical (unpaired) electrons. The van der Waals surface area contributed by atoms with Gasteiger partial charge in [0, 0.05) is 5.75 Å². The zero-order valence-corrected chi connectivity index (χ0v) is 15.3. The van der Waals surface area contributed by atoms with Crippen LogP contribution in [-0.4, -0.2) is 16.9 Å². The Morgan fingerprint density at radius 3 is 2.83 bits per heavy atom. The van der Waals surface area contributed by atoms with Gasteiger partial charge in [-0.3, -0.25) is 0 Å². The molecule has 0 spiro atoms. The molecule has 0 fully saturated rings. The van der Waals surface area contributed by atoms with Gasteiger partial charge in [0.15, 0.2) is 8.29 Å². The molecule has 3 nitrogen and oxygen atoms in total. The van der Waals surface area contributed by atoms with Gasteiger partial charge >= 0.3 is 0 Å². The largest absolute Gasteiger partial charge is 0.497 e. The predicted octanol–water partition coefficient (Wildman–Crippen LogP) is 5.27. The molecular weight excluding hydrogens is 344 g/mol. The molecule has 0 amide bonds.